The number of rotatable bonds is 43. The van der Waals surface area contributed by atoms with Crippen molar-refractivity contribution in [1.29, 1.82) is 0 Å². The van der Waals surface area contributed by atoms with E-state index in [1.165, 1.54) is 128 Å². The Morgan fingerprint density at radius 1 is 0.507 bits per heavy atom. The van der Waals surface area contributed by atoms with E-state index >= 15 is 0 Å². The first-order valence-corrected chi connectivity index (χ1v) is 27.7. The van der Waals surface area contributed by atoms with Crippen molar-refractivity contribution in [2.75, 3.05) is 19.8 Å². The van der Waals surface area contributed by atoms with Gasteiger partial charge < -0.3 is 65.1 Å². The molecule has 12 atom stereocenters. The van der Waals surface area contributed by atoms with E-state index in [2.05, 4.69) is 43.5 Å². The van der Waals surface area contributed by atoms with Gasteiger partial charge in [0.1, 0.15) is 48.8 Å². The summed E-state index contributed by atoms with van der Waals surface area (Å²) in [6.07, 6.45) is 31.9. The van der Waals surface area contributed by atoms with Crippen LogP contribution in [0.25, 0.3) is 0 Å². The van der Waals surface area contributed by atoms with Gasteiger partial charge in [-0.2, -0.15) is 0 Å². The highest BCUT2D eigenvalue weighted by Gasteiger charge is 2.51. The van der Waals surface area contributed by atoms with Crippen molar-refractivity contribution < 1.29 is 64.6 Å². The predicted molar refractivity (Wildman–Crippen MR) is 272 cm³/mol. The summed E-state index contributed by atoms with van der Waals surface area (Å²) in [5.74, 6) is -0.259. The van der Waals surface area contributed by atoms with Crippen molar-refractivity contribution in [3.63, 3.8) is 0 Å². The van der Waals surface area contributed by atoms with Gasteiger partial charge in [-0.25, -0.2) is 0 Å². The Hall–Kier alpha value is -1.79. The lowest BCUT2D eigenvalue weighted by Crippen LogP contribution is -2.65. The molecule has 0 aromatic rings. The number of carbonyl (C=O) groups excluding carboxylic acids is 1. The quantitative estimate of drug-likeness (QED) is 0.0207. The maximum Gasteiger partial charge on any atom is 0.220 e. The Morgan fingerprint density at radius 3 is 1.43 bits per heavy atom. The average molecular weight is 984 g/mol. The highest BCUT2D eigenvalue weighted by Crippen LogP contribution is 2.30. The van der Waals surface area contributed by atoms with Crippen LogP contribution >= 0.6 is 0 Å². The van der Waals surface area contributed by atoms with Gasteiger partial charge >= 0.3 is 0 Å². The van der Waals surface area contributed by atoms with Gasteiger partial charge in [0.05, 0.1) is 32.0 Å². The molecule has 2 saturated heterocycles. The second kappa shape index (κ2) is 41.7. The molecule has 2 fully saturated rings. The number of allylic oxidation sites excluding steroid dienone is 5. The molecule has 2 aliphatic heterocycles. The number of ether oxygens (including phenoxy) is 4. The van der Waals surface area contributed by atoms with Crippen LogP contribution in [0.15, 0.2) is 36.5 Å². The first-order chi connectivity index (χ1) is 33.6. The lowest BCUT2D eigenvalue weighted by molar-refractivity contribution is -0.359. The standard InChI is InChI=1S/C55H101NO13/c1-3-5-7-9-11-13-15-17-18-19-20-21-22-23-24-25-27-28-30-32-34-36-38-44(59)43(56-47(60)39-37-35-33-31-29-26-16-14-12-10-8-6-4-2)42-66-54-52(65)50(63)53(46(41-58)68-54)69-55-51(64)49(62)48(61)45(40-57)67-55/h14,16,28,30,36,38,43-46,48-55,57-59,61-65H,3-13,15,17-27,29,31-35,37,39-42H2,1-2H3,(H,56,60)/b16-14-,30-28+,38-36+. The molecule has 2 aliphatic rings. The second-order valence-electron chi connectivity index (χ2n) is 19.7. The second-order valence-corrected chi connectivity index (χ2v) is 19.7. The zero-order valence-corrected chi connectivity index (χ0v) is 43.1. The average Bonchev–Trinajstić information content (AvgIpc) is 3.35. The summed E-state index contributed by atoms with van der Waals surface area (Å²) in [6.45, 7) is 2.75. The molecule has 69 heavy (non-hydrogen) atoms. The number of hydrogen-bond donors (Lipinski definition) is 9. The fourth-order valence-corrected chi connectivity index (χ4v) is 9.01. The van der Waals surface area contributed by atoms with Crippen molar-refractivity contribution in [1.82, 2.24) is 5.32 Å². The number of unbranched alkanes of at least 4 members (excludes halogenated alkanes) is 26. The molecule has 14 heteroatoms. The minimum atomic E-state index is -1.79. The highest BCUT2D eigenvalue weighted by atomic mass is 16.7. The molecule has 0 spiro atoms. The third-order valence-corrected chi connectivity index (χ3v) is 13.5. The number of aliphatic hydroxyl groups is 8. The van der Waals surface area contributed by atoms with E-state index in [0.717, 1.165) is 51.4 Å². The van der Waals surface area contributed by atoms with E-state index < -0.39 is 86.8 Å². The van der Waals surface area contributed by atoms with Crippen LogP contribution in [0.2, 0.25) is 0 Å². The Morgan fingerprint density at radius 2 is 0.928 bits per heavy atom. The summed E-state index contributed by atoms with van der Waals surface area (Å²) >= 11 is 0. The number of hydrogen-bond acceptors (Lipinski definition) is 13. The van der Waals surface area contributed by atoms with Gasteiger partial charge in [0.15, 0.2) is 12.6 Å². The topological polar surface area (TPSA) is 228 Å². The maximum absolute atomic E-state index is 13.2. The fraction of sp³-hybridized carbons (Fsp3) is 0.873. The molecule has 9 N–H and O–H groups in total. The van der Waals surface area contributed by atoms with Gasteiger partial charge in [0.2, 0.25) is 5.91 Å². The predicted octanol–water partition coefficient (Wildman–Crippen LogP) is 8.27. The lowest BCUT2D eigenvalue weighted by Gasteiger charge is -2.46. The van der Waals surface area contributed by atoms with Gasteiger partial charge in [0.25, 0.3) is 0 Å². The van der Waals surface area contributed by atoms with Crippen molar-refractivity contribution in [3.8, 4) is 0 Å². The van der Waals surface area contributed by atoms with Crippen LogP contribution < -0.4 is 5.32 Å². The number of nitrogens with one attached hydrogen (secondary N) is 1. The minimum absolute atomic E-state index is 0.259. The molecule has 2 heterocycles. The molecule has 0 aromatic heterocycles. The van der Waals surface area contributed by atoms with E-state index in [1.807, 2.05) is 6.08 Å². The zero-order valence-electron chi connectivity index (χ0n) is 43.1. The van der Waals surface area contributed by atoms with Gasteiger partial charge in [-0.05, 0) is 57.8 Å². The molecule has 14 nitrogen and oxygen atoms in total. The van der Waals surface area contributed by atoms with Crippen LogP contribution in [0.5, 0.6) is 0 Å². The van der Waals surface area contributed by atoms with Crippen molar-refractivity contribution in [2.24, 2.45) is 0 Å². The molecule has 0 radical (unpaired) electrons. The summed E-state index contributed by atoms with van der Waals surface area (Å²) in [5.41, 5.74) is 0. The van der Waals surface area contributed by atoms with Gasteiger partial charge in [0, 0.05) is 6.42 Å². The van der Waals surface area contributed by atoms with E-state index in [-0.39, 0.29) is 18.9 Å². The summed E-state index contributed by atoms with van der Waals surface area (Å²) in [4.78, 5) is 13.2. The summed E-state index contributed by atoms with van der Waals surface area (Å²) in [6, 6.07) is -0.934. The van der Waals surface area contributed by atoms with Crippen LogP contribution in [-0.4, -0.2) is 140 Å². The van der Waals surface area contributed by atoms with Crippen LogP contribution in [0.3, 0.4) is 0 Å². The van der Waals surface area contributed by atoms with E-state index in [9.17, 15) is 45.6 Å². The van der Waals surface area contributed by atoms with Gasteiger partial charge in [-0.3, -0.25) is 4.79 Å². The molecule has 404 valence electrons. The van der Waals surface area contributed by atoms with Crippen LogP contribution in [0.4, 0.5) is 0 Å². The smallest absolute Gasteiger partial charge is 0.220 e. The zero-order chi connectivity index (χ0) is 50.3. The van der Waals surface area contributed by atoms with Crippen molar-refractivity contribution >= 4 is 5.91 Å². The molecule has 12 unspecified atom stereocenters. The highest BCUT2D eigenvalue weighted by molar-refractivity contribution is 5.76. The fourth-order valence-electron chi connectivity index (χ4n) is 9.01. The SMILES string of the molecule is CCCCCC/C=C\CCCCCCCC(=O)NC(COC1OC(CO)C(OC2OC(CO)C(O)C(O)C2O)C(O)C1O)C(O)/C=C/CC/C=C/CCCCCCCCCCCCCCCCCC. The normalized spacial score (nSPS) is 26.4. The Bertz CT molecular complexity index is 1300. The molecule has 0 aromatic carbocycles. The van der Waals surface area contributed by atoms with Gasteiger partial charge in [-0.1, -0.05) is 185 Å². The number of carbonyl (C=O) groups is 1. The minimum Gasteiger partial charge on any atom is -0.394 e. The third-order valence-electron chi connectivity index (χ3n) is 13.5. The first-order valence-electron chi connectivity index (χ1n) is 27.7. The number of aliphatic hydroxyl groups excluding tert-OH is 8. The van der Waals surface area contributed by atoms with Crippen molar-refractivity contribution in [2.45, 2.75) is 286 Å². The van der Waals surface area contributed by atoms with E-state index in [0.29, 0.717) is 12.8 Å². The van der Waals surface area contributed by atoms with E-state index in [4.69, 9.17) is 18.9 Å². The molecule has 0 bridgehead atoms. The van der Waals surface area contributed by atoms with E-state index in [1.54, 1.807) is 6.08 Å². The Kier molecular flexibility index (Phi) is 38.2. The summed E-state index contributed by atoms with van der Waals surface area (Å²) < 4.78 is 22.7. The maximum atomic E-state index is 13.2. The molecule has 0 saturated carbocycles. The monoisotopic (exact) mass is 984 g/mol. The van der Waals surface area contributed by atoms with Crippen LogP contribution in [0, 0.1) is 0 Å². The lowest BCUT2D eigenvalue weighted by atomic mass is 9.97. The molecular weight excluding hydrogens is 883 g/mol. The molecular formula is C55H101NO13. The van der Waals surface area contributed by atoms with Crippen molar-refractivity contribution in [3.05, 3.63) is 36.5 Å². The van der Waals surface area contributed by atoms with Gasteiger partial charge in [-0.15, -0.1) is 0 Å². The third kappa shape index (κ3) is 28.3. The molecule has 2 rings (SSSR count). The summed E-state index contributed by atoms with van der Waals surface area (Å²) in [5, 5.41) is 86.8. The van der Waals surface area contributed by atoms with Crippen LogP contribution in [-0.2, 0) is 23.7 Å². The first kappa shape index (κ1) is 63.3. The molecule has 0 aliphatic carbocycles. The Balaban J connectivity index is 1.81. The largest absolute Gasteiger partial charge is 0.394 e. The molecule has 1 amide bonds. The van der Waals surface area contributed by atoms with Crippen LogP contribution in [0.1, 0.15) is 213 Å². The number of amides is 1. The Labute approximate surface area is 417 Å². The summed E-state index contributed by atoms with van der Waals surface area (Å²) in [7, 11) is 0.